The predicted molar refractivity (Wildman–Crippen MR) is 135 cm³/mol. The molecule has 34 heavy (non-hydrogen) atoms. The molecular weight excluding hydrogens is 461 g/mol. The Kier molecular flexibility index (Phi) is 22.8. The van der Waals surface area contributed by atoms with Crippen LogP contribution in [0.25, 0.3) is 0 Å². The Morgan fingerprint density at radius 2 is 1.32 bits per heavy atom. The van der Waals surface area contributed by atoms with Gasteiger partial charge in [0.2, 0.25) is 0 Å². The van der Waals surface area contributed by atoms with Gasteiger partial charge >= 0.3 is 14.6 Å². The molecular formula is C24H51NO8P+. The van der Waals surface area contributed by atoms with Crippen molar-refractivity contribution in [3.05, 3.63) is 0 Å². The molecule has 1 N–H and O–H groups in total. The second kappa shape index (κ2) is 23.0. The molecule has 0 amide bonds. The lowest BCUT2D eigenvalue weighted by atomic mass is 10.1. The normalized spacial score (nSPS) is 13.7. The first-order chi connectivity index (χ1) is 16.2. The molecule has 0 heterocycles. The molecule has 0 aliphatic carbocycles. The summed E-state index contributed by atoms with van der Waals surface area (Å²) in [5, 5.41) is 0. The minimum absolute atomic E-state index is 0.000401. The maximum absolute atomic E-state index is 11.3. The van der Waals surface area contributed by atoms with Crippen LogP contribution in [0.15, 0.2) is 0 Å². The topological polar surface area (TPSA) is 92.7 Å². The maximum atomic E-state index is 11.3. The smallest absolute Gasteiger partial charge is 0.330 e. The first kappa shape index (κ1) is 33.6. The zero-order chi connectivity index (χ0) is 25.5. The fraction of sp³-hybridized carbons (Fsp3) is 0.958. The van der Waals surface area contributed by atoms with Crippen molar-refractivity contribution in [2.45, 2.75) is 71.3 Å². The van der Waals surface area contributed by atoms with Crippen LogP contribution in [-0.4, -0.2) is 102 Å². The number of likely N-dealkylation sites (N-methyl/N-ethyl adjacent to an activating group) is 1. The Morgan fingerprint density at radius 3 is 1.91 bits per heavy atom. The number of hydrogen-bond acceptors (Lipinski definition) is 8. The Labute approximate surface area is 208 Å². The Balaban J connectivity index is 3.64. The summed E-state index contributed by atoms with van der Waals surface area (Å²) in [7, 11) is 4.08. The second-order valence-corrected chi connectivity index (χ2v) is 10.4. The average molecular weight is 513 g/mol. The Hall–Kier alpha value is -0.380. The number of carbonyl (C=O) groups excluding carboxylic acids is 1. The van der Waals surface area contributed by atoms with Crippen LogP contribution in [0, 0.1) is 0 Å². The van der Waals surface area contributed by atoms with Gasteiger partial charge in [0, 0.05) is 13.5 Å². The van der Waals surface area contributed by atoms with E-state index in [1.807, 2.05) is 21.1 Å². The molecule has 0 aromatic rings. The van der Waals surface area contributed by atoms with Gasteiger partial charge in [-0.25, -0.2) is 0 Å². The van der Waals surface area contributed by atoms with E-state index in [-0.39, 0.29) is 13.2 Å². The van der Waals surface area contributed by atoms with Crippen molar-refractivity contribution >= 4 is 14.6 Å². The van der Waals surface area contributed by atoms with E-state index in [4.69, 9.17) is 28.0 Å². The monoisotopic (exact) mass is 512 g/mol. The third-order valence-electron chi connectivity index (χ3n) is 4.86. The summed E-state index contributed by atoms with van der Waals surface area (Å²) in [4.78, 5) is 21.1. The van der Waals surface area contributed by atoms with Gasteiger partial charge in [0.25, 0.3) is 0 Å². The first-order valence-electron chi connectivity index (χ1n) is 12.7. The highest BCUT2D eigenvalue weighted by atomic mass is 31.2. The van der Waals surface area contributed by atoms with Gasteiger partial charge in [-0.05, 0) is 6.42 Å². The van der Waals surface area contributed by atoms with E-state index in [1.54, 1.807) is 0 Å². The van der Waals surface area contributed by atoms with Gasteiger partial charge in [0.15, 0.2) is 0 Å². The molecule has 2 atom stereocenters. The van der Waals surface area contributed by atoms with Crippen LogP contribution < -0.4 is 0 Å². The van der Waals surface area contributed by atoms with Gasteiger partial charge in [0.1, 0.15) is 19.3 Å². The minimum Gasteiger partial charge on any atom is -0.458 e. The van der Waals surface area contributed by atoms with Gasteiger partial charge in [-0.3, -0.25) is 4.79 Å². The zero-order valence-electron chi connectivity index (χ0n) is 22.3. The van der Waals surface area contributed by atoms with Crippen LogP contribution in [-0.2, 0) is 32.8 Å². The molecule has 0 spiro atoms. The molecule has 0 saturated carbocycles. The summed E-state index contributed by atoms with van der Waals surface area (Å²) in [6.07, 6.45) is 9.71. The summed E-state index contributed by atoms with van der Waals surface area (Å²) in [5.74, 6) is -0.435. The zero-order valence-corrected chi connectivity index (χ0v) is 23.2. The number of nitrogens with zero attached hydrogens (tertiary/aromatic N) is 1. The number of esters is 1. The van der Waals surface area contributed by atoms with E-state index < -0.39 is 20.7 Å². The quantitative estimate of drug-likeness (QED) is 0.0847. The van der Waals surface area contributed by atoms with Gasteiger partial charge in [-0.1, -0.05) is 51.9 Å². The van der Waals surface area contributed by atoms with Crippen molar-refractivity contribution in [3.8, 4) is 0 Å². The highest BCUT2D eigenvalue weighted by Gasteiger charge is 2.18. The third kappa shape index (κ3) is 26.2. The Morgan fingerprint density at radius 1 is 0.765 bits per heavy atom. The number of carbonyl (C=O) groups is 1. The van der Waals surface area contributed by atoms with Gasteiger partial charge in [-0.2, -0.15) is 0 Å². The van der Waals surface area contributed by atoms with Gasteiger partial charge in [-0.15, -0.1) is 0 Å². The Bertz CT molecular complexity index is 465. The minimum atomic E-state index is -2.03. The van der Waals surface area contributed by atoms with Gasteiger partial charge < -0.3 is 37.4 Å². The van der Waals surface area contributed by atoms with Crippen molar-refractivity contribution in [2.75, 3.05) is 80.5 Å². The summed E-state index contributed by atoms with van der Waals surface area (Å²) in [5.41, 5.74) is 0. The van der Waals surface area contributed by atoms with E-state index in [0.29, 0.717) is 33.0 Å². The predicted octanol–water partition coefficient (Wildman–Crippen LogP) is 4.07. The maximum Gasteiger partial charge on any atom is 0.330 e. The molecule has 0 aromatic heterocycles. The number of rotatable bonds is 25. The number of hydrogen-bond donors (Lipinski definition) is 1. The lowest BCUT2D eigenvalue weighted by Crippen LogP contribution is -2.37. The molecule has 204 valence electrons. The van der Waals surface area contributed by atoms with E-state index in [9.17, 15) is 9.69 Å². The van der Waals surface area contributed by atoms with Crippen LogP contribution in [0.4, 0.5) is 0 Å². The number of unbranched alkanes of at least 4 members (excludes halogenated alkanes) is 7. The molecule has 0 radical (unpaired) electrons. The third-order valence-corrected chi connectivity index (χ3v) is 5.63. The first-order valence-corrected chi connectivity index (χ1v) is 13.8. The summed E-state index contributed by atoms with van der Waals surface area (Å²) in [6, 6.07) is 0. The molecule has 10 heteroatoms. The van der Waals surface area contributed by atoms with E-state index in [1.165, 1.54) is 51.9 Å². The van der Waals surface area contributed by atoms with E-state index in [0.717, 1.165) is 24.1 Å². The molecule has 0 aromatic carbocycles. The summed E-state index contributed by atoms with van der Waals surface area (Å²) >= 11 is 0. The largest absolute Gasteiger partial charge is 0.458 e. The summed E-state index contributed by atoms with van der Waals surface area (Å²) in [6.45, 7) is 7.51. The molecule has 0 rings (SSSR count). The fourth-order valence-corrected chi connectivity index (χ4v) is 3.53. The lowest BCUT2D eigenvalue weighted by Gasteiger charge is -2.24. The lowest BCUT2D eigenvalue weighted by molar-refractivity contribution is -0.870. The van der Waals surface area contributed by atoms with Crippen molar-refractivity contribution in [2.24, 2.45) is 0 Å². The standard InChI is InChI=1S/C24H51NO8P/c1-6-7-8-9-10-11-12-13-15-28-17-18-29-19-20-30-21-24(33-23(2)26)22-32-34(27)31-16-14-25(3,4)5/h24,27H,6-22H2,1-5H3/q+1. The highest BCUT2D eigenvalue weighted by molar-refractivity contribution is 7.40. The molecule has 0 fully saturated rings. The summed E-state index contributed by atoms with van der Waals surface area (Å²) < 4.78 is 33.1. The number of ether oxygens (including phenoxy) is 4. The van der Waals surface area contributed by atoms with E-state index >= 15 is 0 Å². The highest BCUT2D eigenvalue weighted by Crippen LogP contribution is 2.32. The molecule has 0 saturated heterocycles. The van der Waals surface area contributed by atoms with Crippen LogP contribution >= 0.6 is 8.60 Å². The van der Waals surface area contributed by atoms with Crippen molar-refractivity contribution in [3.63, 3.8) is 0 Å². The van der Waals surface area contributed by atoms with Crippen LogP contribution in [0.2, 0.25) is 0 Å². The molecule has 0 bridgehead atoms. The number of quaternary nitrogens is 1. The molecule has 2 unspecified atom stereocenters. The fourth-order valence-electron chi connectivity index (χ4n) is 2.92. The second-order valence-electron chi connectivity index (χ2n) is 9.39. The molecule has 0 aliphatic heterocycles. The van der Waals surface area contributed by atoms with Crippen molar-refractivity contribution in [1.29, 1.82) is 0 Å². The van der Waals surface area contributed by atoms with Crippen LogP contribution in [0.1, 0.15) is 65.2 Å². The van der Waals surface area contributed by atoms with Crippen molar-refractivity contribution < 1.29 is 42.2 Å². The molecule has 9 nitrogen and oxygen atoms in total. The average Bonchev–Trinajstić information content (AvgIpc) is 2.75. The SMILES string of the molecule is CCCCCCCCCCOCCOCCOCC(COP(O)OCC[N+](C)(C)C)OC(C)=O. The van der Waals surface area contributed by atoms with E-state index in [2.05, 4.69) is 6.92 Å². The molecule has 0 aliphatic rings. The van der Waals surface area contributed by atoms with Crippen LogP contribution in [0.3, 0.4) is 0 Å². The van der Waals surface area contributed by atoms with Crippen molar-refractivity contribution in [1.82, 2.24) is 0 Å². The van der Waals surface area contributed by atoms with Gasteiger partial charge in [0.05, 0.1) is 60.8 Å². The van der Waals surface area contributed by atoms with Crippen LogP contribution in [0.5, 0.6) is 0 Å².